The molecule has 3 aromatic rings. The van der Waals surface area contributed by atoms with Crippen LogP contribution in [0.15, 0.2) is 70.7 Å². The minimum absolute atomic E-state index is 0.0625. The zero-order chi connectivity index (χ0) is 40.4. The summed E-state index contributed by atoms with van der Waals surface area (Å²) in [7, 11) is 7.51. The molecule has 3 atom stereocenters. The van der Waals surface area contributed by atoms with Crippen molar-refractivity contribution in [3.63, 3.8) is 0 Å². The summed E-state index contributed by atoms with van der Waals surface area (Å²) in [6.45, 7) is 17.4. The van der Waals surface area contributed by atoms with Crippen LogP contribution in [-0.4, -0.2) is 90.1 Å². The third kappa shape index (κ3) is 9.81. The van der Waals surface area contributed by atoms with Gasteiger partial charge in [0.05, 0.1) is 12.6 Å². The Labute approximate surface area is 329 Å². The van der Waals surface area contributed by atoms with Gasteiger partial charge in [-0.05, 0) is 112 Å². The maximum atomic E-state index is 13.4. The van der Waals surface area contributed by atoms with Crippen LogP contribution in [0.25, 0.3) is 5.70 Å². The van der Waals surface area contributed by atoms with Gasteiger partial charge in [0.1, 0.15) is 11.5 Å². The number of amides is 2. The van der Waals surface area contributed by atoms with Crippen LogP contribution in [0.5, 0.6) is 0 Å². The van der Waals surface area contributed by atoms with Crippen LogP contribution in [0, 0.1) is 11.3 Å². The van der Waals surface area contributed by atoms with Crippen molar-refractivity contribution in [1.29, 1.82) is 5.26 Å². The third-order valence-electron chi connectivity index (χ3n) is 10.5. The minimum Gasteiger partial charge on any atom is -0.424 e. The molecule has 55 heavy (non-hydrogen) atoms. The number of aryl methyl sites for hydroxylation is 3. The average molecular weight is 748 g/mol. The Bertz CT molecular complexity index is 1870. The molecule has 2 heterocycles. The van der Waals surface area contributed by atoms with Crippen molar-refractivity contribution in [2.45, 2.75) is 104 Å². The van der Waals surface area contributed by atoms with Crippen molar-refractivity contribution >= 4 is 17.5 Å². The van der Waals surface area contributed by atoms with Gasteiger partial charge in [-0.1, -0.05) is 61.9 Å². The monoisotopic (exact) mass is 747 g/mol. The van der Waals surface area contributed by atoms with Crippen LogP contribution >= 0.6 is 0 Å². The Balaban J connectivity index is 0.00000331. The van der Waals surface area contributed by atoms with E-state index in [0.29, 0.717) is 49.6 Å². The topological polar surface area (TPSA) is 119 Å². The van der Waals surface area contributed by atoms with E-state index in [1.807, 2.05) is 45.0 Å². The summed E-state index contributed by atoms with van der Waals surface area (Å²) < 4.78 is 6.74. The maximum Gasteiger partial charge on any atom is 0.253 e. The first-order valence-corrected chi connectivity index (χ1v) is 19.7. The number of hydrogen-bond donors (Lipinski definition) is 1. The van der Waals surface area contributed by atoms with Gasteiger partial charge in [-0.3, -0.25) is 9.59 Å². The maximum absolute atomic E-state index is 13.4. The molecule has 0 saturated carbocycles. The molecule has 0 radical (unpaired) electrons. The first-order chi connectivity index (χ1) is 26.2. The number of nitrogens with zero attached hydrogens (tertiary/aromatic N) is 6. The molecule has 1 aliphatic heterocycles. The lowest BCUT2D eigenvalue weighted by Crippen LogP contribution is -2.45. The van der Waals surface area contributed by atoms with E-state index in [1.54, 1.807) is 23.9 Å². The Morgan fingerprint density at radius 3 is 2.25 bits per heavy atom. The molecule has 5 rings (SSSR count). The zero-order valence-electron chi connectivity index (χ0n) is 34.8. The van der Waals surface area contributed by atoms with Gasteiger partial charge >= 0.3 is 0 Å². The van der Waals surface area contributed by atoms with Crippen molar-refractivity contribution in [2.75, 3.05) is 41.3 Å². The number of fused-ring (bicyclic) bond motifs is 2. The molecular weight excluding hydrogens is 687 g/mol. The summed E-state index contributed by atoms with van der Waals surface area (Å²) in [6.07, 6.45) is 9.09. The molecule has 0 spiro atoms. The van der Waals surface area contributed by atoms with E-state index in [4.69, 9.17) is 9.52 Å². The number of benzene rings is 2. The van der Waals surface area contributed by atoms with E-state index < -0.39 is 5.41 Å². The fourth-order valence-electron chi connectivity index (χ4n) is 7.53. The Hall–Kier alpha value is -5.01. The van der Waals surface area contributed by atoms with Gasteiger partial charge < -0.3 is 24.4 Å². The van der Waals surface area contributed by atoms with Crippen molar-refractivity contribution < 1.29 is 14.0 Å². The summed E-state index contributed by atoms with van der Waals surface area (Å²) in [5.41, 5.74) is 8.33. The smallest absolute Gasteiger partial charge is 0.253 e. The molecular formula is C45H61N7O3. The second-order valence-electron chi connectivity index (χ2n) is 15.3. The fraction of sp³-hybridized carbons (Fsp3) is 0.489. The highest BCUT2D eigenvalue weighted by atomic mass is 16.4. The Morgan fingerprint density at radius 2 is 1.65 bits per heavy atom. The summed E-state index contributed by atoms with van der Waals surface area (Å²) in [6, 6.07) is 14.2. The fourth-order valence-corrected chi connectivity index (χ4v) is 7.53. The van der Waals surface area contributed by atoms with Crippen molar-refractivity contribution in [3.05, 3.63) is 111 Å². The van der Waals surface area contributed by atoms with E-state index in [-0.39, 0.29) is 30.4 Å². The SMILES string of the molecule is C=C(c1ccc2c(c1)CCc1cc(C(=O)N(C)C)ccc1C2(C[C@@H](C)NCC(=O)N1CCCC1C#N)c1nnc(CC/C(C)=C/C=C(C)C)o1)N(C)C.CC. The number of rotatable bonds is 13. The predicted octanol–water partition coefficient (Wildman–Crippen LogP) is 7.49. The zero-order valence-corrected chi connectivity index (χ0v) is 34.8. The van der Waals surface area contributed by atoms with Gasteiger partial charge in [-0.25, -0.2) is 0 Å². The molecule has 1 aromatic heterocycles. The van der Waals surface area contributed by atoms with E-state index in [0.717, 1.165) is 52.8 Å². The standard InChI is InChI=1S/C43H55N7O3.C2H6/c1-28(2)12-13-29(3)14-21-39-46-47-42(53-39)43(25-30(4)45-27-40(51)50-22-10-11-36(50)26-44)37-19-17-32(31(5)48(6)7)23-33(37)15-16-34-24-35(18-20-38(34)43)41(52)49(8)9;1-2/h12-13,17-20,23-24,30,36,45H,5,10-11,14-16,21-22,25,27H2,1-4,6-9H3;1-2H3/b29-13+;/t30-,36?,43?;/m1./s1. The number of carbonyl (C=O) groups excluding carboxylic acids is 2. The van der Waals surface area contributed by atoms with Crippen molar-refractivity contribution in [1.82, 2.24) is 30.2 Å². The first-order valence-electron chi connectivity index (χ1n) is 19.7. The lowest BCUT2D eigenvalue weighted by Gasteiger charge is -2.36. The van der Waals surface area contributed by atoms with Crippen LogP contribution in [-0.2, 0) is 29.5 Å². The van der Waals surface area contributed by atoms with Crippen LogP contribution in [0.2, 0.25) is 0 Å². The third-order valence-corrected chi connectivity index (χ3v) is 10.5. The second kappa shape index (κ2) is 19.0. The van der Waals surface area contributed by atoms with Gasteiger partial charge in [0, 0.05) is 58.5 Å². The van der Waals surface area contributed by atoms with Gasteiger partial charge in [-0.2, -0.15) is 5.26 Å². The summed E-state index contributed by atoms with van der Waals surface area (Å²) >= 11 is 0. The van der Waals surface area contributed by atoms with Crippen LogP contribution in [0.1, 0.15) is 117 Å². The predicted molar refractivity (Wildman–Crippen MR) is 220 cm³/mol. The van der Waals surface area contributed by atoms with Gasteiger partial charge in [0.25, 0.3) is 5.91 Å². The molecule has 2 unspecified atom stereocenters. The molecule has 10 heteroatoms. The number of nitriles is 1. The number of likely N-dealkylation sites (tertiary alicyclic amines) is 1. The molecule has 1 fully saturated rings. The summed E-state index contributed by atoms with van der Waals surface area (Å²) in [5, 5.41) is 22.6. The molecule has 2 aliphatic rings. The Kier molecular flexibility index (Phi) is 14.8. The van der Waals surface area contributed by atoms with Gasteiger partial charge in [-0.15, -0.1) is 10.2 Å². The average Bonchev–Trinajstić information content (AvgIpc) is 3.85. The molecule has 10 nitrogen and oxygen atoms in total. The van der Waals surface area contributed by atoms with E-state index >= 15 is 0 Å². The summed E-state index contributed by atoms with van der Waals surface area (Å²) in [5.74, 6) is 0.901. The molecule has 0 bridgehead atoms. The highest BCUT2D eigenvalue weighted by Crippen LogP contribution is 2.48. The van der Waals surface area contributed by atoms with Crippen LogP contribution in [0.3, 0.4) is 0 Å². The molecule has 1 aliphatic carbocycles. The van der Waals surface area contributed by atoms with Crippen LogP contribution < -0.4 is 5.32 Å². The molecule has 1 N–H and O–H groups in total. The van der Waals surface area contributed by atoms with E-state index in [2.05, 4.69) is 87.2 Å². The van der Waals surface area contributed by atoms with Crippen LogP contribution in [0.4, 0.5) is 0 Å². The van der Waals surface area contributed by atoms with Crippen molar-refractivity contribution in [3.8, 4) is 6.07 Å². The number of allylic oxidation sites excluding steroid dienone is 4. The lowest BCUT2D eigenvalue weighted by molar-refractivity contribution is -0.130. The quantitative estimate of drug-likeness (QED) is 0.179. The molecule has 2 aromatic carbocycles. The molecule has 2 amide bonds. The first kappa shape index (κ1) is 42.7. The number of aromatic nitrogens is 2. The Morgan fingerprint density at radius 1 is 1.02 bits per heavy atom. The van der Waals surface area contributed by atoms with Crippen molar-refractivity contribution in [2.24, 2.45) is 0 Å². The largest absolute Gasteiger partial charge is 0.424 e. The second-order valence-corrected chi connectivity index (χ2v) is 15.3. The number of nitrogens with one attached hydrogen (secondary N) is 1. The van der Waals surface area contributed by atoms with E-state index in [9.17, 15) is 14.9 Å². The molecule has 294 valence electrons. The van der Waals surface area contributed by atoms with Gasteiger partial charge in [0.15, 0.2) is 0 Å². The summed E-state index contributed by atoms with van der Waals surface area (Å²) in [4.78, 5) is 31.9. The van der Waals surface area contributed by atoms with Gasteiger partial charge in [0.2, 0.25) is 17.7 Å². The van der Waals surface area contributed by atoms with E-state index in [1.165, 1.54) is 11.1 Å². The highest BCUT2D eigenvalue weighted by Gasteiger charge is 2.47. The normalized spacial score (nSPS) is 18.1. The number of hydrogen-bond acceptors (Lipinski definition) is 8. The number of carbonyl (C=O) groups is 2. The highest BCUT2D eigenvalue weighted by molar-refractivity contribution is 5.94. The minimum atomic E-state index is -0.907. The lowest BCUT2D eigenvalue weighted by atomic mass is 9.68. The molecule has 1 saturated heterocycles.